The zero-order valence-corrected chi connectivity index (χ0v) is 59.5. The summed E-state index contributed by atoms with van der Waals surface area (Å²) in [7, 11) is 4.27. The summed E-state index contributed by atoms with van der Waals surface area (Å²) in [5.74, 6) is -14.0. The van der Waals surface area contributed by atoms with Crippen molar-refractivity contribution in [2.45, 2.75) is 164 Å². The minimum atomic E-state index is -2.33. The number of ether oxygens (including phenoxy) is 8. The Kier molecular flexibility index (Phi) is 25.1. The molecule has 16 atom stereocenters. The summed E-state index contributed by atoms with van der Waals surface area (Å²) in [5, 5.41) is 49.0. The van der Waals surface area contributed by atoms with Crippen LogP contribution in [0.3, 0.4) is 0 Å². The number of fused-ring (bicyclic) bond motifs is 5. The van der Waals surface area contributed by atoms with E-state index in [1.54, 1.807) is 87.5 Å². The van der Waals surface area contributed by atoms with Gasteiger partial charge < -0.3 is 91.1 Å². The minimum absolute atomic E-state index is 0.0264. The molecule has 2 saturated heterocycles. The van der Waals surface area contributed by atoms with Crippen LogP contribution in [-0.4, -0.2) is 211 Å². The molecule has 0 unspecified atom stereocenters. The molecule has 5 fully saturated rings. The summed E-state index contributed by atoms with van der Waals surface area (Å²) in [4.78, 5) is 170. The van der Waals surface area contributed by atoms with Crippen molar-refractivity contribution in [1.29, 1.82) is 5.41 Å². The van der Waals surface area contributed by atoms with Gasteiger partial charge in [0.25, 0.3) is 0 Å². The number of benzene rings is 3. The Hall–Kier alpha value is -9.15. The maximum absolute atomic E-state index is 16.0. The van der Waals surface area contributed by atoms with E-state index in [4.69, 9.17) is 49.0 Å². The largest absolute Gasteiger partial charge is 0.481 e. The van der Waals surface area contributed by atoms with Crippen LogP contribution in [0.15, 0.2) is 102 Å². The second-order valence-corrected chi connectivity index (χ2v) is 29.0. The van der Waals surface area contributed by atoms with Gasteiger partial charge in [-0.2, -0.15) is 0 Å². The number of carboxylic acids is 1. The molecule has 103 heavy (non-hydrogen) atoms. The van der Waals surface area contributed by atoms with Crippen LogP contribution in [0.1, 0.15) is 107 Å². The van der Waals surface area contributed by atoms with E-state index >= 15 is 9.59 Å². The third-order valence-corrected chi connectivity index (χ3v) is 22.4. The number of alkyl carbamates (subject to hydrolysis) is 1. The lowest BCUT2D eigenvalue weighted by molar-refractivity contribution is -0.338. The number of nitrogens with two attached hydrogens (primary N) is 1. The molecule has 6 amide bonds. The Balaban J connectivity index is 1.05. The average Bonchev–Trinajstić information content (AvgIpc) is 1.42. The third kappa shape index (κ3) is 16.0. The fourth-order valence-corrected chi connectivity index (χ4v) is 17.2. The SMILES string of the molecule is CCCCOC(=O)N[C@@H](c1ccccc1)[C@@H](OC(=O)CSSC[C@@H]1NC(=O)[C@@H](Cc2ccccc2)NC(=O)[C@H](CC(=O)O)NC(=O)CNC(=O)[C@H](CCCNC(=N)N)NC1=O)C(=O)O[C@H]1C[C@]2(O)[C@]3(C)C(=C1C)[C@@H](OC)C(=O)[C@]1(C)[C@@H](OC)C[C@H]4OC[C@@]4(OC(C)=O)[C@H]1[C@@]23OC(=O)c1ccccc1. The first-order chi connectivity index (χ1) is 49.0. The van der Waals surface area contributed by atoms with Crippen molar-refractivity contribution >= 4 is 98.8 Å². The number of methoxy groups -OCH3 is 2. The van der Waals surface area contributed by atoms with Crippen molar-refractivity contribution in [3.05, 3.63) is 119 Å². The second kappa shape index (κ2) is 33.1. The summed E-state index contributed by atoms with van der Waals surface area (Å²) in [6.45, 7) is 6.74. The van der Waals surface area contributed by atoms with Gasteiger partial charge in [-0.1, -0.05) is 114 Å². The highest BCUT2D eigenvalue weighted by atomic mass is 33.1. The fraction of sp³-hybridized carbons (Fsp3) is 0.529. The molecule has 4 aliphatic carbocycles. The molecule has 2 aliphatic heterocycles. The predicted molar refractivity (Wildman–Crippen MR) is 368 cm³/mol. The highest BCUT2D eigenvalue weighted by Crippen LogP contribution is 2.84. The summed E-state index contributed by atoms with van der Waals surface area (Å²) in [5.41, 5.74) is -3.46. The maximum Gasteiger partial charge on any atom is 0.407 e. The van der Waals surface area contributed by atoms with E-state index < -0.39 is 191 Å². The lowest BCUT2D eigenvalue weighted by atomic mass is 9.51. The van der Waals surface area contributed by atoms with E-state index in [0.717, 1.165) is 21.6 Å². The number of guanidine groups is 1. The number of carbonyl (C=O) groups excluding carboxylic acids is 11. The van der Waals surface area contributed by atoms with Crippen molar-refractivity contribution in [2.75, 3.05) is 52.0 Å². The first-order valence-electron chi connectivity index (χ1n) is 33.6. The van der Waals surface area contributed by atoms with Crippen LogP contribution < -0.4 is 43.0 Å². The quantitative estimate of drug-likeness (QED) is 0.00987. The minimum Gasteiger partial charge on any atom is -0.481 e. The molecule has 3 aromatic rings. The molecule has 33 heteroatoms. The van der Waals surface area contributed by atoms with Gasteiger partial charge in [0.2, 0.25) is 35.6 Å². The molecule has 9 rings (SSSR count). The summed E-state index contributed by atoms with van der Waals surface area (Å²) in [6.07, 6.45) is -8.87. The van der Waals surface area contributed by atoms with Gasteiger partial charge in [-0.25, -0.2) is 14.4 Å². The molecule has 3 aromatic carbocycles. The van der Waals surface area contributed by atoms with Gasteiger partial charge in [0.05, 0.1) is 54.6 Å². The Morgan fingerprint density at radius 1 is 0.806 bits per heavy atom. The lowest BCUT2D eigenvalue weighted by Crippen LogP contribution is -2.79. The number of carboxylic acid groups (broad SMARTS) is 1. The Bertz CT molecular complexity index is 3770. The Morgan fingerprint density at radius 3 is 2.07 bits per heavy atom. The van der Waals surface area contributed by atoms with Crippen molar-refractivity contribution in [3.63, 3.8) is 0 Å². The molecule has 12 N–H and O–H groups in total. The maximum atomic E-state index is 16.0. The number of Topliss-reactive ketones (excluding diaryl/α,β-unsaturated/α-hetero) is 1. The number of unbranched alkanes of at least 4 members (excludes halogenated alkanes) is 1. The van der Waals surface area contributed by atoms with E-state index in [-0.39, 0.29) is 79.4 Å². The number of amides is 6. The highest BCUT2D eigenvalue weighted by molar-refractivity contribution is 8.76. The van der Waals surface area contributed by atoms with E-state index in [1.165, 1.54) is 45.4 Å². The van der Waals surface area contributed by atoms with Gasteiger partial charge >= 0.3 is 35.9 Å². The first kappa shape index (κ1) is 78.0. The normalized spacial score (nSPS) is 30.2. The van der Waals surface area contributed by atoms with Crippen molar-refractivity contribution in [1.82, 2.24) is 37.2 Å². The number of carbonyl (C=O) groups is 12. The molecule has 6 aliphatic rings. The van der Waals surface area contributed by atoms with Gasteiger partial charge in [0, 0.05) is 52.7 Å². The monoisotopic (exact) mass is 1470 g/mol. The van der Waals surface area contributed by atoms with E-state index in [1.807, 2.05) is 6.92 Å². The highest BCUT2D eigenvalue weighted by Gasteiger charge is 2.99. The van der Waals surface area contributed by atoms with Crippen molar-refractivity contribution in [2.24, 2.45) is 22.5 Å². The molecule has 2 heterocycles. The van der Waals surface area contributed by atoms with Crippen LogP contribution in [-0.2, 0) is 92.3 Å². The van der Waals surface area contributed by atoms with Gasteiger partial charge in [0.15, 0.2) is 22.9 Å². The van der Waals surface area contributed by atoms with E-state index in [9.17, 15) is 58.2 Å². The van der Waals surface area contributed by atoms with Crippen LogP contribution in [0, 0.1) is 22.2 Å². The van der Waals surface area contributed by atoms with Gasteiger partial charge in [-0.05, 0) is 74.4 Å². The molecule has 556 valence electrons. The van der Waals surface area contributed by atoms with E-state index in [0.29, 0.717) is 18.4 Å². The Morgan fingerprint density at radius 2 is 1.45 bits per heavy atom. The fourth-order valence-electron chi connectivity index (χ4n) is 15.3. The zero-order valence-electron chi connectivity index (χ0n) is 57.9. The number of hydrogen-bond acceptors (Lipinski definition) is 24. The molecule has 0 spiro atoms. The van der Waals surface area contributed by atoms with Crippen LogP contribution >= 0.6 is 21.6 Å². The molecular formula is C70H87N9O22S2. The topological polar surface area (TPSA) is 453 Å². The molecular weight excluding hydrogens is 1380 g/mol. The van der Waals surface area contributed by atoms with Crippen LogP contribution in [0.2, 0.25) is 0 Å². The molecule has 0 radical (unpaired) electrons. The van der Waals surface area contributed by atoms with Crippen LogP contribution in [0.25, 0.3) is 0 Å². The summed E-state index contributed by atoms with van der Waals surface area (Å²) < 4.78 is 49.7. The zero-order chi connectivity index (χ0) is 74.8. The summed E-state index contributed by atoms with van der Waals surface area (Å²) >= 11 is 0. The van der Waals surface area contributed by atoms with Crippen molar-refractivity contribution in [3.8, 4) is 0 Å². The summed E-state index contributed by atoms with van der Waals surface area (Å²) in [6, 6.07) is 16.2. The number of aliphatic hydroxyl groups is 1. The second-order valence-electron chi connectivity index (χ2n) is 26.5. The molecule has 31 nitrogen and oxygen atoms in total. The smallest absolute Gasteiger partial charge is 0.407 e. The number of aliphatic carboxylic acids is 1. The van der Waals surface area contributed by atoms with E-state index in [2.05, 4.69) is 37.2 Å². The number of esters is 4. The average molecular weight is 1470 g/mol. The molecule has 3 saturated carbocycles. The van der Waals surface area contributed by atoms with Crippen LogP contribution in [0.5, 0.6) is 0 Å². The standard InChI is InChI=1S/C70H87N9O22S2/c1-8-9-28-96-65(92)79-53(40-22-15-11-16-23-40)55(99-51(84)35-103-102-34-45-60(89)76-42(26-19-27-73-64(71)72)57(86)74-33-49(81)75-44(30-50(82)83)59(88)77-43(58(87)78-45)29-39-20-13-10-14-21-39)62(91)98-46-32-69(93)67(5)52(37(46)2)54(95-7)56(85)66(4)47(94-6)31-48-68(36-97-48,100-38(3)80)63(66)70(67,69)101-61(90)41-24-17-12-18-25-41/h10-18,20-25,42-48,53-55,63,93H,8-9,19,26-36H2,1-7H3,(H,74,86)(H,75,81)(H,76,89)(H,77,88)(H,78,87)(H,79,92)(H,82,83)(H4,71,72,73)/t42-,43+,44-,45-,46-,47-,48+,53-,54+,55+,63-,66-,67-,68-,69-,70-/m0/s1. The molecule has 0 aromatic heterocycles. The Labute approximate surface area is 601 Å². The van der Waals surface area contributed by atoms with Gasteiger partial charge in [-0.15, -0.1) is 0 Å². The predicted octanol–water partition coefficient (Wildman–Crippen LogP) is 1.92. The third-order valence-electron chi connectivity index (χ3n) is 20.2. The molecule has 0 bridgehead atoms. The lowest BCUT2D eigenvalue weighted by Gasteiger charge is -2.64. The van der Waals surface area contributed by atoms with Crippen LogP contribution in [0.4, 0.5) is 4.79 Å². The van der Waals surface area contributed by atoms with Gasteiger partial charge in [-0.3, -0.25) is 48.6 Å². The van der Waals surface area contributed by atoms with Gasteiger partial charge in [0.1, 0.15) is 59.9 Å². The number of ketones is 1. The first-order valence-corrected chi connectivity index (χ1v) is 36.1. The number of nitrogens with one attached hydrogen (secondary N) is 8. The number of hydrogen-bond donors (Lipinski definition) is 11. The van der Waals surface area contributed by atoms with Crippen molar-refractivity contribution < 1.29 is 106 Å². The number of rotatable bonds is 27.